The van der Waals surface area contributed by atoms with Crippen molar-refractivity contribution in [1.82, 2.24) is 20.0 Å². The lowest BCUT2D eigenvalue weighted by Gasteiger charge is -2.37. The number of carbonyl (C=O) groups excluding carboxylic acids is 1. The number of amides is 1. The van der Waals surface area contributed by atoms with Crippen LogP contribution in [-0.4, -0.2) is 40.2 Å². The lowest BCUT2D eigenvalue weighted by atomic mass is 10.0. The van der Waals surface area contributed by atoms with Crippen LogP contribution >= 0.6 is 11.6 Å². The molecule has 6 heteroatoms. The molecule has 0 bridgehead atoms. The number of nitrogens with zero attached hydrogens (tertiary/aromatic N) is 3. The van der Waals surface area contributed by atoms with E-state index in [1.165, 1.54) is 5.56 Å². The lowest BCUT2D eigenvalue weighted by molar-refractivity contribution is -0.134. The molecule has 0 spiro atoms. The second-order valence-electron chi connectivity index (χ2n) is 6.60. The van der Waals surface area contributed by atoms with Gasteiger partial charge < -0.3 is 10.2 Å². The van der Waals surface area contributed by atoms with Gasteiger partial charge in [-0.2, -0.15) is 5.10 Å². The number of benzene rings is 1. The van der Waals surface area contributed by atoms with E-state index in [1.54, 1.807) is 0 Å². The van der Waals surface area contributed by atoms with Crippen molar-refractivity contribution in [2.75, 3.05) is 19.6 Å². The zero-order valence-electron chi connectivity index (χ0n) is 15.1. The van der Waals surface area contributed by atoms with E-state index >= 15 is 0 Å². The predicted octanol–water partition coefficient (Wildman–Crippen LogP) is 2.80. The molecule has 1 saturated heterocycles. The highest BCUT2D eigenvalue weighted by Crippen LogP contribution is 2.29. The van der Waals surface area contributed by atoms with Gasteiger partial charge in [-0.25, -0.2) is 0 Å². The smallest absolute Gasteiger partial charge is 0.223 e. The quantitative estimate of drug-likeness (QED) is 0.912. The molecule has 3 rings (SSSR count). The summed E-state index contributed by atoms with van der Waals surface area (Å²) in [7, 11) is 1.94. The van der Waals surface area contributed by atoms with Crippen molar-refractivity contribution in [3.63, 3.8) is 0 Å². The fourth-order valence-electron chi connectivity index (χ4n) is 3.58. The minimum Gasteiger partial charge on any atom is -0.333 e. The molecular weight excluding hydrogens is 336 g/mol. The fourth-order valence-corrected chi connectivity index (χ4v) is 3.84. The average molecular weight is 361 g/mol. The van der Waals surface area contributed by atoms with E-state index in [1.807, 2.05) is 47.8 Å². The monoisotopic (exact) mass is 360 g/mol. The highest BCUT2D eigenvalue weighted by Gasteiger charge is 2.29. The Labute approximate surface area is 154 Å². The molecule has 1 N–H and O–H groups in total. The number of aromatic nitrogens is 2. The van der Waals surface area contributed by atoms with Crippen LogP contribution in [-0.2, 0) is 18.3 Å². The molecule has 2 aromatic rings. The van der Waals surface area contributed by atoms with E-state index in [0.29, 0.717) is 18.0 Å². The topological polar surface area (TPSA) is 50.2 Å². The van der Waals surface area contributed by atoms with Crippen LogP contribution < -0.4 is 5.32 Å². The van der Waals surface area contributed by atoms with Crippen LogP contribution in [0.1, 0.15) is 35.0 Å². The summed E-state index contributed by atoms with van der Waals surface area (Å²) in [5.74, 6) is 0.175. The number of rotatable bonds is 4. The summed E-state index contributed by atoms with van der Waals surface area (Å²) in [5.41, 5.74) is 4.34. The Balaban J connectivity index is 1.74. The Kier molecular flexibility index (Phi) is 5.45. The molecule has 5 nitrogen and oxygen atoms in total. The van der Waals surface area contributed by atoms with Gasteiger partial charge in [-0.1, -0.05) is 29.8 Å². The highest BCUT2D eigenvalue weighted by atomic mass is 35.5. The van der Waals surface area contributed by atoms with E-state index in [9.17, 15) is 4.79 Å². The Hall–Kier alpha value is -1.85. The number of hydrogen-bond donors (Lipinski definition) is 1. The normalized spacial score (nSPS) is 17.8. The number of carbonyl (C=O) groups is 1. The minimum atomic E-state index is -0.00829. The van der Waals surface area contributed by atoms with Gasteiger partial charge >= 0.3 is 0 Å². The summed E-state index contributed by atoms with van der Waals surface area (Å²) in [5, 5.41) is 8.53. The summed E-state index contributed by atoms with van der Waals surface area (Å²) in [6, 6.07) is 7.78. The maximum Gasteiger partial charge on any atom is 0.223 e. The first-order valence-electron chi connectivity index (χ1n) is 8.72. The molecule has 1 atom stereocenters. The SMILES string of the molecule is Cc1nn(C)c(C)c1CCC(=O)N1CCNCC1c1ccccc1Cl. The number of piperazine rings is 1. The van der Waals surface area contributed by atoms with Crippen molar-refractivity contribution < 1.29 is 4.79 Å². The van der Waals surface area contributed by atoms with Gasteiger partial charge in [0.25, 0.3) is 0 Å². The molecule has 0 aliphatic carbocycles. The Morgan fingerprint density at radius 3 is 2.80 bits per heavy atom. The first kappa shape index (κ1) is 18.0. The molecule has 0 saturated carbocycles. The van der Waals surface area contributed by atoms with Gasteiger partial charge in [-0.15, -0.1) is 0 Å². The summed E-state index contributed by atoms with van der Waals surface area (Å²) < 4.78 is 1.88. The Bertz CT molecular complexity index is 771. The van der Waals surface area contributed by atoms with Crippen LogP contribution in [0, 0.1) is 13.8 Å². The van der Waals surface area contributed by atoms with Gasteiger partial charge in [0.15, 0.2) is 0 Å². The van der Waals surface area contributed by atoms with Gasteiger partial charge in [0, 0.05) is 43.8 Å². The van der Waals surface area contributed by atoms with Crippen LogP contribution in [0.2, 0.25) is 5.02 Å². The van der Waals surface area contributed by atoms with Crippen molar-refractivity contribution >= 4 is 17.5 Å². The maximum atomic E-state index is 12.9. The van der Waals surface area contributed by atoms with Crippen LogP contribution in [0.5, 0.6) is 0 Å². The van der Waals surface area contributed by atoms with Gasteiger partial charge in [-0.05, 0) is 37.5 Å². The average Bonchev–Trinajstić information content (AvgIpc) is 2.85. The second kappa shape index (κ2) is 7.58. The highest BCUT2D eigenvalue weighted by molar-refractivity contribution is 6.31. The second-order valence-corrected chi connectivity index (χ2v) is 7.01. The standard InChI is InChI=1S/C19H25ClN4O/c1-13-15(14(2)23(3)22-13)8-9-19(25)24-11-10-21-12-18(24)16-6-4-5-7-17(16)20/h4-7,18,21H,8-12H2,1-3H3. The van der Waals surface area contributed by atoms with Crippen molar-refractivity contribution in [2.24, 2.45) is 7.05 Å². The van der Waals surface area contributed by atoms with E-state index in [2.05, 4.69) is 17.3 Å². The van der Waals surface area contributed by atoms with Crippen LogP contribution in [0.4, 0.5) is 0 Å². The van der Waals surface area contributed by atoms with Crippen LogP contribution in [0.3, 0.4) is 0 Å². The first-order valence-corrected chi connectivity index (χ1v) is 9.10. The van der Waals surface area contributed by atoms with Gasteiger partial charge in [0.05, 0.1) is 11.7 Å². The summed E-state index contributed by atoms with van der Waals surface area (Å²) in [4.78, 5) is 14.9. The van der Waals surface area contributed by atoms with Crippen LogP contribution in [0.15, 0.2) is 24.3 Å². The largest absolute Gasteiger partial charge is 0.333 e. The molecule has 1 aromatic heterocycles. The molecule has 1 aromatic carbocycles. The van der Waals surface area contributed by atoms with Crippen molar-refractivity contribution in [3.8, 4) is 0 Å². The third-order valence-corrected chi connectivity index (χ3v) is 5.42. The Morgan fingerprint density at radius 2 is 2.12 bits per heavy atom. The third-order valence-electron chi connectivity index (χ3n) is 5.08. The van der Waals surface area contributed by atoms with E-state index in [4.69, 9.17) is 11.6 Å². The molecule has 2 heterocycles. The molecule has 1 fully saturated rings. The zero-order valence-corrected chi connectivity index (χ0v) is 15.8. The van der Waals surface area contributed by atoms with Crippen LogP contribution in [0.25, 0.3) is 0 Å². The van der Waals surface area contributed by atoms with Gasteiger partial charge in [0.1, 0.15) is 0 Å². The van der Waals surface area contributed by atoms with Crippen molar-refractivity contribution in [3.05, 3.63) is 51.8 Å². The molecule has 25 heavy (non-hydrogen) atoms. The van der Waals surface area contributed by atoms with Gasteiger partial charge in [0.2, 0.25) is 5.91 Å². The van der Waals surface area contributed by atoms with E-state index in [0.717, 1.165) is 36.5 Å². The summed E-state index contributed by atoms with van der Waals surface area (Å²) >= 11 is 6.37. The molecular formula is C19H25ClN4O. The summed E-state index contributed by atoms with van der Waals surface area (Å²) in [6.07, 6.45) is 1.22. The number of hydrogen-bond acceptors (Lipinski definition) is 3. The molecule has 1 amide bonds. The third kappa shape index (κ3) is 3.72. The molecule has 0 radical (unpaired) electrons. The number of nitrogens with one attached hydrogen (secondary N) is 1. The summed E-state index contributed by atoms with van der Waals surface area (Å²) in [6.45, 7) is 6.32. The number of aryl methyl sites for hydroxylation is 2. The number of halogens is 1. The molecule has 1 unspecified atom stereocenters. The van der Waals surface area contributed by atoms with Crippen molar-refractivity contribution in [1.29, 1.82) is 0 Å². The molecule has 134 valence electrons. The molecule has 1 aliphatic heterocycles. The maximum absolute atomic E-state index is 12.9. The van der Waals surface area contributed by atoms with Crippen molar-refractivity contribution in [2.45, 2.75) is 32.7 Å². The first-order chi connectivity index (χ1) is 12.0. The Morgan fingerprint density at radius 1 is 1.36 bits per heavy atom. The minimum absolute atomic E-state index is 0.00829. The lowest BCUT2D eigenvalue weighted by Crippen LogP contribution is -2.48. The van der Waals surface area contributed by atoms with E-state index in [-0.39, 0.29) is 11.9 Å². The van der Waals surface area contributed by atoms with E-state index < -0.39 is 0 Å². The molecule has 1 aliphatic rings. The zero-order chi connectivity index (χ0) is 18.0. The van der Waals surface area contributed by atoms with Gasteiger partial charge in [-0.3, -0.25) is 9.48 Å². The fraction of sp³-hybridized carbons (Fsp3) is 0.474. The predicted molar refractivity (Wildman–Crippen MR) is 99.8 cm³/mol.